The van der Waals surface area contributed by atoms with Gasteiger partial charge in [0.05, 0.1) is 12.2 Å². The highest BCUT2D eigenvalue weighted by atomic mass is 16.2. The van der Waals surface area contributed by atoms with E-state index < -0.39 is 12.1 Å². The summed E-state index contributed by atoms with van der Waals surface area (Å²) in [5, 5.41) is 6.55. The number of benzene rings is 1. The van der Waals surface area contributed by atoms with Crippen molar-refractivity contribution in [3.63, 3.8) is 0 Å². The molecular formula is C22H23N5O3. The van der Waals surface area contributed by atoms with E-state index >= 15 is 0 Å². The molecule has 2 aromatic heterocycles. The van der Waals surface area contributed by atoms with Gasteiger partial charge in [0, 0.05) is 36.3 Å². The summed E-state index contributed by atoms with van der Waals surface area (Å²) in [5.74, 6) is -0.461. The van der Waals surface area contributed by atoms with Gasteiger partial charge < -0.3 is 15.6 Å². The van der Waals surface area contributed by atoms with E-state index in [0.29, 0.717) is 19.5 Å². The summed E-state index contributed by atoms with van der Waals surface area (Å²) in [6.07, 6.45) is 4.56. The van der Waals surface area contributed by atoms with E-state index in [0.717, 1.165) is 22.2 Å². The van der Waals surface area contributed by atoms with Crippen molar-refractivity contribution in [3.8, 4) is 0 Å². The van der Waals surface area contributed by atoms with Crippen molar-refractivity contribution in [1.29, 1.82) is 0 Å². The average molecular weight is 405 g/mol. The second kappa shape index (κ2) is 8.77. The van der Waals surface area contributed by atoms with Crippen LogP contribution in [0.3, 0.4) is 0 Å². The first kappa shape index (κ1) is 19.6. The molecule has 154 valence electrons. The second-order valence-corrected chi connectivity index (χ2v) is 7.24. The van der Waals surface area contributed by atoms with Gasteiger partial charge >= 0.3 is 6.03 Å². The number of carbonyl (C=O) groups excluding carboxylic acids is 3. The van der Waals surface area contributed by atoms with Gasteiger partial charge in [0.15, 0.2) is 0 Å². The third-order valence-electron chi connectivity index (χ3n) is 5.24. The average Bonchev–Trinajstić information content (AvgIpc) is 3.30. The number of aromatic amines is 1. The van der Waals surface area contributed by atoms with Gasteiger partial charge in [-0.1, -0.05) is 24.3 Å². The Hall–Kier alpha value is -3.68. The smallest absolute Gasteiger partial charge is 0.324 e. The molecule has 3 aromatic rings. The van der Waals surface area contributed by atoms with E-state index in [1.165, 1.54) is 4.90 Å². The number of hydrogen-bond donors (Lipinski definition) is 3. The fraction of sp³-hybridized carbons (Fsp3) is 0.273. The van der Waals surface area contributed by atoms with Crippen molar-refractivity contribution in [2.45, 2.75) is 31.8 Å². The van der Waals surface area contributed by atoms with Crippen LogP contribution < -0.4 is 10.6 Å². The molecule has 1 atom stereocenters. The summed E-state index contributed by atoms with van der Waals surface area (Å²) in [6.45, 7) is 0.635. The summed E-state index contributed by atoms with van der Waals surface area (Å²) in [4.78, 5) is 45.5. The van der Waals surface area contributed by atoms with Crippen LogP contribution in [0.25, 0.3) is 10.9 Å². The lowest BCUT2D eigenvalue weighted by atomic mass is 10.1. The van der Waals surface area contributed by atoms with Gasteiger partial charge in [-0.3, -0.25) is 19.5 Å². The number of urea groups is 1. The molecule has 0 spiro atoms. The van der Waals surface area contributed by atoms with Crippen molar-refractivity contribution >= 4 is 28.7 Å². The number of nitrogens with zero attached hydrogens (tertiary/aromatic N) is 2. The number of nitrogens with one attached hydrogen (secondary N) is 3. The number of amides is 4. The lowest BCUT2D eigenvalue weighted by Gasteiger charge is -2.12. The van der Waals surface area contributed by atoms with E-state index in [-0.39, 0.29) is 24.7 Å². The van der Waals surface area contributed by atoms with Crippen LogP contribution in [-0.4, -0.2) is 45.3 Å². The highest BCUT2D eigenvalue weighted by Gasteiger charge is 2.37. The van der Waals surface area contributed by atoms with Crippen LogP contribution >= 0.6 is 0 Å². The lowest BCUT2D eigenvalue weighted by Crippen LogP contribution is -2.34. The summed E-state index contributed by atoms with van der Waals surface area (Å²) >= 11 is 0. The fourth-order valence-corrected chi connectivity index (χ4v) is 3.61. The minimum absolute atomic E-state index is 0.153. The van der Waals surface area contributed by atoms with E-state index in [9.17, 15) is 14.4 Å². The Morgan fingerprint density at radius 1 is 1.13 bits per heavy atom. The molecule has 4 rings (SSSR count). The molecular weight excluding hydrogens is 382 g/mol. The Morgan fingerprint density at radius 3 is 2.80 bits per heavy atom. The van der Waals surface area contributed by atoms with Gasteiger partial charge in [0.25, 0.3) is 5.91 Å². The molecule has 0 unspecified atom stereocenters. The maximum Gasteiger partial charge on any atom is 0.324 e. The highest BCUT2D eigenvalue weighted by molar-refractivity contribution is 6.04. The molecule has 1 saturated heterocycles. The van der Waals surface area contributed by atoms with Crippen molar-refractivity contribution in [2.24, 2.45) is 0 Å². The Kier molecular flexibility index (Phi) is 5.74. The van der Waals surface area contributed by atoms with Crippen LogP contribution in [0.2, 0.25) is 0 Å². The standard InChI is InChI=1S/C22H23N5O3/c28-20(25-14-16-5-3-4-11-23-16)9-8-19-21(29)27(22(30)26-19)12-10-15-13-24-18-7-2-1-6-17(15)18/h1-7,11,13,19,24H,8-10,12,14H2,(H,25,28)(H,26,30)/t19-/m0/s1. The number of carbonyl (C=O) groups is 3. The predicted molar refractivity (Wildman–Crippen MR) is 111 cm³/mol. The monoisotopic (exact) mass is 405 g/mol. The molecule has 4 amide bonds. The van der Waals surface area contributed by atoms with Gasteiger partial charge in [-0.2, -0.15) is 0 Å². The maximum atomic E-state index is 12.6. The number of rotatable bonds is 8. The third kappa shape index (κ3) is 4.32. The molecule has 1 fully saturated rings. The quantitative estimate of drug-likeness (QED) is 0.499. The number of fused-ring (bicyclic) bond motifs is 1. The number of imide groups is 1. The van der Waals surface area contributed by atoms with Gasteiger partial charge in [0.1, 0.15) is 6.04 Å². The first-order chi connectivity index (χ1) is 14.6. The Balaban J connectivity index is 1.26. The van der Waals surface area contributed by atoms with Crippen LogP contribution in [0.1, 0.15) is 24.1 Å². The molecule has 8 nitrogen and oxygen atoms in total. The normalized spacial score (nSPS) is 16.1. The minimum Gasteiger partial charge on any atom is -0.361 e. The molecule has 8 heteroatoms. The molecule has 3 heterocycles. The van der Waals surface area contributed by atoms with E-state index in [4.69, 9.17) is 0 Å². The summed E-state index contributed by atoms with van der Waals surface area (Å²) in [7, 11) is 0. The van der Waals surface area contributed by atoms with Crippen molar-refractivity contribution in [2.75, 3.05) is 6.54 Å². The molecule has 3 N–H and O–H groups in total. The molecule has 1 aromatic carbocycles. The Bertz CT molecular complexity index is 1060. The Morgan fingerprint density at radius 2 is 1.97 bits per heavy atom. The first-order valence-corrected chi connectivity index (χ1v) is 9.95. The highest BCUT2D eigenvalue weighted by Crippen LogP contribution is 2.19. The van der Waals surface area contributed by atoms with Gasteiger partial charge in [-0.15, -0.1) is 0 Å². The van der Waals surface area contributed by atoms with Crippen LogP contribution in [0.5, 0.6) is 0 Å². The largest absolute Gasteiger partial charge is 0.361 e. The van der Waals surface area contributed by atoms with Gasteiger partial charge in [0.2, 0.25) is 5.91 Å². The maximum absolute atomic E-state index is 12.6. The van der Waals surface area contributed by atoms with Crippen LogP contribution in [0, 0.1) is 0 Å². The third-order valence-corrected chi connectivity index (χ3v) is 5.24. The number of aromatic nitrogens is 2. The van der Waals surface area contributed by atoms with Crippen LogP contribution in [0.4, 0.5) is 4.79 Å². The SMILES string of the molecule is O=C(CC[C@@H]1NC(=O)N(CCc2c[nH]c3ccccc23)C1=O)NCc1ccccn1. The predicted octanol–water partition coefficient (Wildman–Crippen LogP) is 2.12. The Labute approximate surface area is 173 Å². The van der Waals surface area contributed by atoms with E-state index in [2.05, 4.69) is 20.6 Å². The van der Waals surface area contributed by atoms with Crippen molar-refractivity contribution in [1.82, 2.24) is 25.5 Å². The lowest BCUT2D eigenvalue weighted by molar-refractivity contribution is -0.127. The van der Waals surface area contributed by atoms with E-state index in [1.54, 1.807) is 6.20 Å². The molecule has 1 aliphatic rings. The zero-order valence-corrected chi connectivity index (χ0v) is 16.4. The molecule has 0 bridgehead atoms. The topological polar surface area (TPSA) is 107 Å². The van der Waals surface area contributed by atoms with E-state index in [1.807, 2.05) is 48.7 Å². The molecule has 0 aliphatic carbocycles. The molecule has 0 radical (unpaired) electrons. The first-order valence-electron chi connectivity index (χ1n) is 9.95. The van der Waals surface area contributed by atoms with Crippen LogP contribution in [0.15, 0.2) is 54.9 Å². The number of para-hydroxylation sites is 1. The van der Waals surface area contributed by atoms with Crippen molar-refractivity contribution < 1.29 is 14.4 Å². The summed E-state index contributed by atoms with van der Waals surface area (Å²) < 4.78 is 0. The van der Waals surface area contributed by atoms with Crippen LogP contribution in [-0.2, 0) is 22.6 Å². The van der Waals surface area contributed by atoms with Gasteiger partial charge in [-0.25, -0.2) is 4.79 Å². The van der Waals surface area contributed by atoms with Gasteiger partial charge in [-0.05, 0) is 36.6 Å². The second-order valence-electron chi connectivity index (χ2n) is 7.24. The fourth-order valence-electron chi connectivity index (χ4n) is 3.61. The van der Waals surface area contributed by atoms with Crippen molar-refractivity contribution in [3.05, 3.63) is 66.1 Å². The minimum atomic E-state index is -0.666. The molecule has 30 heavy (non-hydrogen) atoms. The number of H-pyrrole nitrogens is 1. The number of pyridine rings is 1. The zero-order chi connectivity index (χ0) is 20.9. The molecule has 0 saturated carbocycles. The summed E-state index contributed by atoms with van der Waals surface area (Å²) in [6, 6.07) is 12.3. The summed E-state index contributed by atoms with van der Waals surface area (Å²) in [5.41, 5.74) is 2.85. The number of hydrogen-bond acceptors (Lipinski definition) is 4. The molecule has 1 aliphatic heterocycles. The zero-order valence-electron chi connectivity index (χ0n) is 16.4.